The molecular formula is C28H29N5O3S. The molecule has 190 valence electrons. The summed E-state index contributed by atoms with van der Waals surface area (Å²) in [5.74, 6) is 0.708. The van der Waals surface area contributed by atoms with Gasteiger partial charge in [-0.3, -0.25) is 4.79 Å². The van der Waals surface area contributed by atoms with Crippen molar-refractivity contribution in [2.24, 2.45) is 0 Å². The summed E-state index contributed by atoms with van der Waals surface area (Å²) in [5, 5.41) is 4.46. The second-order valence-electron chi connectivity index (χ2n) is 8.81. The van der Waals surface area contributed by atoms with E-state index in [-0.39, 0.29) is 17.9 Å². The minimum Gasteiger partial charge on any atom is -0.598 e. The average molecular weight is 516 g/mol. The van der Waals surface area contributed by atoms with Crippen molar-refractivity contribution in [2.45, 2.75) is 12.4 Å². The van der Waals surface area contributed by atoms with Gasteiger partial charge in [0.05, 0.1) is 25.0 Å². The molecule has 5 rings (SSSR count). The third-order valence-corrected chi connectivity index (χ3v) is 7.80. The van der Waals surface area contributed by atoms with Gasteiger partial charge in [0.25, 0.3) is 0 Å². The van der Waals surface area contributed by atoms with Crippen molar-refractivity contribution in [1.82, 2.24) is 14.1 Å². The first-order valence-electron chi connectivity index (χ1n) is 12.2. The third-order valence-electron chi connectivity index (χ3n) is 6.28. The number of nitrogen functional groups attached to an aromatic ring is 1. The van der Waals surface area contributed by atoms with E-state index in [1.807, 2.05) is 89.2 Å². The van der Waals surface area contributed by atoms with Gasteiger partial charge >= 0.3 is 5.56 Å². The van der Waals surface area contributed by atoms with Crippen molar-refractivity contribution < 1.29 is 9.29 Å². The zero-order chi connectivity index (χ0) is 25.6. The second-order valence-corrected chi connectivity index (χ2v) is 10.3. The zero-order valence-corrected chi connectivity index (χ0v) is 21.2. The largest absolute Gasteiger partial charge is 0.598 e. The van der Waals surface area contributed by atoms with E-state index in [2.05, 4.69) is 10.00 Å². The first kappa shape index (κ1) is 24.9. The number of para-hydroxylation sites is 1. The maximum atomic E-state index is 13.5. The van der Waals surface area contributed by atoms with Crippen LogP contribution in [0.25, 0.3) is 5.69 Å². The Hall–Kier alpha value is -3.79. The lowest BCUT2D eigenvalue weighted by molar-refractivity contribution is 0.297. The van der Waals surface area contributed by atoms with E-state index in [0.29, 0.717) is 49.0 Å². The van der Waals surface area contributed by atoms with E-state index >= 15 is 0 Å². The number of anilines is 2. The molecule has 0 aliphatic carbocycles. The summed E-state index contributed by atoms with van der Waals surface area (Å²) in [6.07, 6.45) is 1.69. The summed E-state index contributed by atoms with van der Waals surface area (Å²) in [6, 6.07) is 26.5. The Morgan fingerprint density at radius 1 is 0.865 bits per heavy atom. The zero-order valence-electron chi connectivity index (χ0n) is 20.4. The molecule has 1 aromatic heterocycles. The van der Waals surface area contributed by atoms with Crippen LogP contribution in [0, 0.1) is 0 Å². The molecule has 1 aliphatic rings. The van der Waals surface area contributed by atoms with Crippen molar-refractivity contribution >= 4 is 22.7 Å². The minimum absolute atomic E-state index is 0.263. The van der Waals surface area contributed by atoms with Gasteiger partial charge in [0.1, 0.15) is 12.3 Å². The normalized spacial score (nSPS) is 14.9. The van der Waals surface area contributed by atoms with Gasteiger partial charge in [-0.25, -0.2) is 0 Å². The van der Waals surface area contributed by atoms with Crippen LogP contribution in [0.2, 0.25) is 0 Å². The number of nitrogens with zero attached hydrogens (tertiary/aromatic N) is 4. The van der Waals surface area contributed by atoms with Gasteiger partial charge in [-0.05, 0) is 29.8 Å². The molecule has 1 fully saturated rings. The summed E-state index contributed by atoms with van der Waals surface area (Å²) >= 11 is -1.15. The van der Waals surface area contributed by atoms with Crippen LogP contribution in [-0.4, -0.2) is 44.8 Å². The van der Waals surface area contributed by atoms with E-state index in [9.17, 15) is 9.35 Å². The highest BCUT2D eigenvalue weighted by molar-refractivity contribution is 7.88. The number of piperazine rings is 1. The average Bonchev–Trinajstić information content (AvgIpc) is 2.94. The van der Waals surface area contributed by atoms with Gasteiger partial charge in [-0.2, -0.15) is 9.78 Å². The van der Waals surface area contributed by atoms with Gasteiger partial charge < -0.3 is 19.9 Å². The fourth-order valence-corrected chi connectivity index (χ4v) is 5.48. The number of nitrogens with two attached hydrogens (primary N) is 1. The summed E-state index contributed by atoms with van der Waals surface area (Å²) in [6.45, 7) is 2.67. The molecule has 4 aromatic rings. The van der Waals surface area contributed by atoms with Crippen molar-refractivity contribution in [3.63, 3.8) is 0 Å². The van der Waals surface area contributed by atoms with Gasteiger partial charge in [0.15, 0.2) is 5.75 Å². The lowest BCUT2D eigenvalue weighted by Crippen LogP contribution is -2.49. The minimum atomic E-state index is -1.15. The van der Waals surface area contributed by atoms with Crippen LogP contribution in [0.5, 0.6) is 5.75 Å². The van der Waals surface area contributed by atoms with Crippen LogP contribution < -0.4 is 20.9 Å². The Morgan fingerprint density at radius 2 is 1.51 bits per heavy atom. The SMILES string of the molecule is Nc1ccc(C[S+]([O-])N2CCN(c3cnn(-c4ccccc4)c(=O)c3OCc3ccccc3)CC2)cc1. The summed E-state index contributed by atoms with van der Waals surface area (Å²) in [7, 11) is 0. The van der Waals surface area contributed by atoms with Gasteiger partial charge in [-0.1, -0.05) is 60.7 Å². The molecule has 2 heterocycles. The second kappa shape index (κ2) is 11.5. The van der Waals surface area contributed by atoms with Crippen LogP contribution in [0.1, 0.15) is 11.1 Å². The van der Waals surface area contributed by atoms with Gasteiger partial charge in [-0.15, -0.1) is 4.31 Å². The number of hydrogen-bond donors (Lipinski definition) is 1. The Balaban J connectivity index is 1.34. The predicted molar refractivity (Wildman–Crippen MR) is 147 cm³/mol. The quantitative estimate of drug-likeness (QED) is 0.284. The number of rotatable bonds is 8. The molecule has 1 saturated heterocycles. The summed E-state index contributed by atoms with van der Waals surface area (Å²) in [5.41, 5.74) is 9.42. The monoisotopic (exact) mass is 515 g/mol. The highest BCUT2D eigenvalue weighted by Crippen LogP contribution is 2.27. The molecule has 1 aliphatic heterocycles. The number of benzene rings is 3. The molecule has 3 aromatic carbocycles. The Morgan fingerprint density at radius 3 is 2.19 bits per heavy atom. The van der Waals surface area contributed by atoms with Crippen LogP contribution in [0.3, 0.4) is 0 Å². The van der Waals surface area contributed by atoms with Crippen LogP contribution in [0.15, 0.2) is 95.9 Å². The van der Waals surface area contributed by atoms with Crippen molar-refractivity contribution in [3.8, 4) is 11.4 Å². The van der Waals surface area contributed by atoms with E-state index in [0.717, 1.165) is 11.1 Å². The first-order chi connectivity index (χ1) is 18.1. The van der Waals surface area contributed by atoms with Gasteiger partial charge in [0, 0.05) is 35.7 Å². The van der Waals surface area contributed by atoms with Crippen LogP contribution in [0.4, 0.5) is 11.4 Å². The Bertz CT molecular complexity index is 1360. The summed E-state index contributed by atoms with van der Waals surface area (Å²) in [4.78, 5) is 15.6. The van der Waals surface area contributed by atoms with E-state index in [4.69, 9.17) is 10.5 Å². The molecule has 0 amide bonds. The Labute approximate surface area is 219 Å². The number of hydrogen-bond acceptors (Lipinski definition) is 7. The lowest BCUT2D eigenvalue weighted by Gasteiger charge is -2.36. The molecule has 9 heteroatoms. The topological polar surface area (TPSA) is 99.7 Å². The molecule has 37 heavy (non-hydrogen) atoms. The first-order valence-corrected chi connectivity index (χ1v) is 13.4. The standard InChI is InChI=1S/C28H29N5O3S/c29-24-13-11-23(12-14-24)21-37(35)32-17-15-31(16-18-32)26-19-30-33(25-9-5-2-6-10-25)28(34)27(26)36-20-22-7-3-1-4-8-22/h1-14,19H,15-18,20-21,29H2. The lowest BCUT2D eigenvalue weighted by atomic mass is 10.2. The molecule has 1 unspecified atom stereocenters. The van der Waals surface area contributed by atoms with Crippen LogP contribution >= 0.6 is 0 Å². The molecule has 1 atom stereocenters. The maximum absolute atomic E-state index is 13.5. The number of ether oxygens (including phenoxy) is 1. The maximum Gasteiger partial charge on any atom is 0.316 e. The number of aromatic nitrogens is 2. The fraction of sp³-hybridized carbons (Fsp3) is 0.214. The molecule has 0 radical (unpaired) electrons. The van der Waals surface area contributed by atoms with E-state index in [1.54, 1.807) is 6.20 Å². The molecular weight excluding hydrogens is 486 g/mol. The van der Waals surface area contributed by atoms with E-state index in [1.165, 1.54) is 4.68 Å². The fourth-order valence-electron chi connectivity index (χ4n) is 4.25. The third kappa shape index (κ3) is 5.96. The van der Waals surface area contributed by atoms with Crippen molar-refractivity contribution in [1.29, 1.82) is 0 Å². The highest BCUT2D eigenvalue weighted by atomic mass is 32.2. The smallest absolute Gasteiger partial charge is 0.316 e. The van der Waals surface area contributed by atoms with Gasteiger partial charge in [0.2, 0.25) is 5.75 Å². The molecule has 0 spiro atoms. The Kier molecular flexibility index (Phi) is 7.74. The van der Waals surface area contributed by atoms with Crippen molar-refractivity contribution in [3.05, 3.63) is 113 Å². The molecule has 0 bridgehead atoms. The molecule has 8 nitrogen and oxygen atoms in total. The highest BCUT2D eigenvalue weighted by Gasteiger charge is 2.29. The van der Waals surface area contributed by atoms with Crippen molar-refractivity contribution in [2.75, 3.05) is 36.8 Å². The predicted octanol–water partition coefficient (Wildman–Crippen LogP) is 3.38. The van der Waals surface area contributed by atoms with Crippen LogP contribution in [-0.2, 0) is 23.7 Å². The molecule has 0 saturated carbocycles. The molecule has 2 N–H and O–H groups in total. The summed E-state index contributed by atoms with van der Waals surface area (Å²) < 4.78 is 22.4. The van der Waals surface area contributed by atoms with E-state index < -0.39 is 11.4 Å².